The molecule has 4 nitrogen and oxygen atoms in total. The fourth-order valence-electron chi connectivity index (χ4n) is 1.64. The van der Waals surface area contributed by atoms with E-state index in [-0.39, 0.29) is 5.92 Å². The van der Waals surface area contributed by atoms with Crippen LogP contribution in [0.25, 0.3) is 0 Å². The highest BCUT2D eigenvalue weighted by atomic mass is 16.5. The van der Waals surface area contributed by atoms with Gasteiger partial charge in [-0.3, -0.25) is 0 Å². The zero-order valence-electron chi connectivity index (χ0n) is 10.2. The van der Waals surface area contributed by atoms with Crippen LogP contribution in [-0.4, -0.2) is 16.7 Å². The average Bonchev–Trinajstić information content (AvgIpc) is 2.76. The highest BCUT2D eigenvalue weighted by molar-refractivity contribution is 5.24. The maximum Gasteiger partial charge on any atom is 0.230 e. The molecule has 1 heterocycles. The van der Waals surface area contributed by atoms with E-state index >= 15 is 0 Å². The lowest BCUT2D eigenvalue weighted by Gasteiger charge is -1.99. The van der Waals surface area contributed by atoms with Gasteiger partial charge in [0.15, 0.2) is 5.82 Å². The molecule has 0 aliphatic carbocycles. The van der Waals surface area contributed by atoms with Gasteiger partial charge in [0.2, 0.25) is 5.89 Å². The van der Waals surface area contributed by atoms with Crippen LogP contribution in [0.3, 0.4) is 0 Å². The molecule has 4 heteroatoms. The lowest BCUT2D eigenvalue weighted by molar-refractivity contribution is 0.357. The summed E-state index contributed by atoms with van der Waals surface area (Å²) in [5.41, 5.74) is 7.99. The van der Waals surface area contributed by atoms with Gasteiger partial charge in [-0.05, 0) is 12.5 Å². The summed E-state index contributed by atoms with van der Waals surface area (Å²) in [5, 5.41) is 3.97. The van der Waals surface area contributed by atoms with Gasteiger partial charge < -0.3 is 10.3 Å². The molecule has 0 amide bonds. The van der Waals surface area contributed by atoms with Gasteiger partial charge in [-0.25, -0.2) is 0 Å². The van der Waals surface area contributed by atoms with Gasteiger partial charge in [0.05, 0.1) is 0 Å². The maximum absolute atomic E-state index is 5.56. The molecule has 0 saturated carbocycles. The summed E-state index contributed by atoms with van der Waals surface area (Å²) in [6.07, 6.45) is 0.697. The number of nitrogens with two attached hydrogens (primary N) is 1. The van der Waals surface area contributed by atoms with Gasteiger partial charge >= 0.3 is 0 Å². The molecule has 0 saturated heterocycles. The molecule has 0 spiro atoms. The first-order chi connectivity index (χ1) is 8.19. The van der Waals surface area contributed by atoms with Crippen LogP contribution in [0.4, 0.5) is 0 Å². The minimum absolute atomic E-state index is 0.119. The molecule has 1 aromatic carbocycles. The molecule has 1 unspecified atom stereocenters. The van der Waals surface area contributed by atoms with E-state index < -0.39 is 0 Å². The lowest BCUT2D eigenvalue weighted by atomic mass is 10.1. The fraction of sp³-hybridized carbons (Fsp3) is 0.385. The Morgan fingerprint density at radius 3 is 2.94 bits per heavy atom. The summed E-state index contributed by atoms with van der Waals surface area (Å²) in [5.74, 6) is 1.45. The fourth-order valence-corrected chi connectivity index (χ4v) is 1.64. The minimum Gasteiger partial charge on any atom is -0.339 e. The third-order valence-corrected chi connectivity index (χ3v) is 2.70. The molecular formula is C13H17N3O. The molecule has 0 radical (unpaired) electrons. The number of hydrogen-bond donors (Lipinski definition) is 1. The summed E-state index contributed by atoms with van der Waals surface area (Å²) in [6.45, 7) is 4.57. The number of rotatable bonds is 4. The second-order valence-corrected chi connectivity index (χ2v) is 4.35. The molecule has 2 N–H and O–H groups in total. The van der Waals surface area contributed by atoms with Crippen LogP contribution in [0.5, 0.6) is 0 Å². The first-order valence-corrected chi connectivity index (χ1v) is 5.77. The van der Waals surface area contributed by atoms with E-state index in [9.17, 15) is 0 Å². The molecular weight excluding hydrogens is 214 g/mol. The van der Waals surface area contributed by atoms with Crippen molar-refractivity contribution >= 4 is 0 Å². The van der Waals surface area contributed by atoms with E-state index in [1.165, 1.54) is 11.1 Å². The van der Waals surface area contributed by atoms with E-state index in [0.717, 1.165) is 0 Å². The van der Waals surface area contributed by atoms with Gasteiger partial charge in [-0.15, -0.1) is 0 Å². The molecule has 0 fully saturated rings. The maximum atomic E-state index is 5.56. The van der Waals surface area contributed by atoms with Crippen LogP contribution in [0, 0.1) is 6.92 Å². The van der Waals surface area contributed by atoms with Gasteiger partial charge in [-0.1, -0.05) is 41.9 Å². The summed E-state index contributed by atoms with van der Waals surface area (Å²) >= 11 is 0. The lowest BCUT2D eigenvalue weighted by Crippen LogP contribution is -2.09. The van der Waals surface area contributed by atoms with Crippen LogP contribution < -0.4 is 5.73 Å². The van der Waals surface area contributed by atoms with E-state index in [0.29, 0.717) is 24.7 Å². The minimum atomic E-state index is 0.119. The molecule has 90 valence electrons. The highest BCUT2D eigenvalue weighted by Gasteiger charge is 2.12. The molecule has 17 heavy (non-hydrogen) atoms. The molecule has 0 aliphatic rings. The van der Waals surface area contributed by atoms with Crippen LogP contribution in [0.1, 0.15) is 35.7 Å². The predicted molar refractivity (Wildman–Crippen MR) is 65.8 cm³/mol. The molecule has 2 rings (SSSR count). The Hall–Kier alpha value is -1.68. The first-order valence-electron chi connectivity index (χ1n) is 5.77. The highest BCUT2D eigenvalue weighted by Crippen LogP contribution is 2.13. The Balaban J connectivity index is 2.11. The average molecular weight is 231 g/mol. The number of benzene rings is 1. The van der Waals surface area contributed by atoms with Crippen LogP contribution in [0.2, 0.25) is 0 Å². The number of aromatic nitrogens is 2. The van der Waals surface area contributed by atoms with E-state index in [1.54, 1.807) is 0 Å². The van der Waals surface area contributed by atoms with Crippen molar-refractivity contribution in [1.29, 1.82) is 0 Å². The largest absolute Gasteiger partial charge is 0.339 e. The summed E-state index contributed by atoms with van der Waals surface area (Å²) in [6, 6.07) is 8.30. The molecule has 0 aliphatic heterocycles. The Kier molecular flexibility index (Phi) is 3.54. The van der Waals surface area contributed by atoms with E-state index in [1.807, 2.05) is 13.0 Å². The quantitative estimate of drug-likeness (QED) is 0.874. The third-order valence-electron chi connectivity index (χ3n) is 2.70. The summed E-state index contributed by atoms with van der Waals surface area (Å²) in [4.78, 5) is 4.35. The number of aryl methyl sites for hydroxylation is 1. The van der Waals surface area contributed by atoms with Crippen molar-refractivity contribution in [2.45, 2.75) is 26.2 Å². The topological polar surface area (TPSA) is 64.9 Å². The Labute approximate surface area is 101 Å². The SMILES string of the molecule is Cc1cccc(Cc2noc(C(C)CN)n2)c1. The molecule has 2 aromatic rings. The monoisotopic (exact) mass is 231 g/mol. The summed E-state index contributed by atoms with van der Waals surface area (Å²) < 4.78 is 5.18. The van der Waals surface area contributed by atoms with Crippen LogP contribution >= 0.6 is 0 Å². The predicted octanol–water partition coefficient (Wildman–Crippen LogP) is 2.03. The number of nitrogens with zero attached hydrogens (tertiary/aromatic N) is 2. The summed E-state index contributed by atoms with van der Waals surface area (Å²) in [7, 11) is 0. The zero-order valence-corrected chi connectivity index (χ0v) is 10.2. The van der Waals surface area contributed by atoms with E-state index in [4.69, 9.17) is 10.3 Å². The van der Waals surface area contributed by atoms with Crippen LogP contribution in [-0.2, 0) is 6.42 Å². The van der Waals surface area contributed by atoms with Gasteiger partial charge in [0.1, 0.15) is 0 Å². The van der Waals surface area contributed by atoms with Gasteiger partial charge in [-0.2, -0.15) is 4.98 Å². The Morgan fingerprint density at radius 1 is 1.41 bits per heavy atom. The standard InChI is InChI=1S/C13H17N3O/c1-9-4-3-5-11(6-9)7-12-15-13(17-16-12)10(2)8-14/h3-6,10H,7-8,14H2,1-2H3. The van der Waals surface area contributed by atoms with Gasteiger partial charge in [0.25, 0.3) is 0 Å². The second kappa shape index (κ2) is 5.10. The smallest absolute Gasteiger partial charge is 0.230 e. The Bertz CT molecular complexity index is 493. The molecule has 1 atom stereocenters. The van der Waals surface area contributed by atoms with Crippen LogP contribution in [0.15, 0.2) is 28.8 Å². The van der Waals surface area contributed by atoms with Crippen molar-refractivity contribution < 1.29 is 4.52 Å². The third kappa shape index (κ3) is 2.91. The Morgan fingerprint density at radius 2 is 2.24 bits per heavy atom. The second-order valence-electron chi connectivity index (χ2n) is 4.35. The zero-order chi connectivity index (χ0) is 12.3. The normalized spacial score (nSPS) is 12.6. The van der Waals surface area contributed by atoms with Gasteiger partial charge in [0, 0.05) is 18.9 Å². The van der Waals surface area contributed by atoms with Crippen molar-refractivity contribution in [3.8, 4) is 0 Å². The van der Waals surface area contributed by atoms with Crippen molar-refractivity contribution in [1.82, 2.24) is 10.1 Å². The van der Waals surface area contributed by atoms with Crippen molar-refractivity contribution in [2.24, 2.45) is 5.73 Å². The van der Waals surface area contributed by atoms with Crippen molar-refractivity contribution in [3.63, 3.8) is 0 Å². The number of hydrogen-bond acceptors (Lipinski definition) is 4. The molecule has 1 aromatic heterocycles. The molecule has 0 bridgehead atoms. The van der Waals surface area contributed by atoms with Crippen molar-refractivity contribution in [3.05, 3.63) is 47.1 Å². The van der Waals surface area contributed by atoms with E-state index in [2.05, 4.69) is 35.3 Å². The van der Waals surface area contributed by atoms with Crippen molar-refractivity contribution in [2.75, 3.05) is 6.54 Å². The first kappa shape index (κ1) is 11.8.